The Bertz CT molecular complexity index is 493. The highest BCUT2D eigenvalue weighted by atomic mass is 16.6. The van der Waals surface area contributed by atoms with E-state index in [4.69, 9.17) is 14.6 Å². The second-order valence-corrected chi connectivity index (χ2v) is 4.70. The van der Waals surface area contributed by atoms with Crippen molar-refractivity contribution in [1.29, 1.82) is 0 Å². The van der Waals surface area contributed by atoms with Gasteiger partial charge in [-0.15, -0.1) is 0 Å². The third kappa shape index (κ3) is 4.46. The number of hydrogen-bond donors (Lipinski definition) is 2. The van der Waals surface area contributed by atoms with E-state index < -0.39 is 17.7 Å². The minimum atomic E-state index is -1.20. The van der Waals surface area contributed by atoms with Crippen LogP contribution < -0.4 is 10.1 Å². The molecule has 0 spiro atoms. The molecule has 1 heterocycles. The maximum absolute atomic E-state index is 11.6. The highest BCUT2D eigenvalue weighted by Crippen LogP contribution is 2.20. The van der Waals surface area contributed by atoms with Gasteiger partial charge in [0.15, 0.2) is 0 Å². The summed E-state index contributed by atoms with van der Waals surface area (Å²) < 4.78 is 9.86. The number of aromatic nitrogens is 1. The fourth-order valence-electron chi connectivity index (χ4n) is 1.24. The minimum absolute atomic E-state index is 0.0440. The average molecular weight is 268 g/mol. The molecule has 0 aliphatic rings. The second kappa shape index (κ2) is 5.55. The molecule has 104 valence electrons. The number of pyridine rings is 1. The number of methoxy groups -OCH3 is 1. The van der Waals surface area contributed by atoms with E-state index in [0.29, 0.717) is 0 Å². The quantitative estimate of drug-likeness (QED) is 0.871. The maximum Gasteiger partial charge on any atom is 0.412 e. The van der Waals surface area contributed by atoms with Gasteiger partial charge in [-0.1, -0.05) is 0 Å². The summed E-state index contributed by atoms with van der Waals surface area (Å²) in [5.74, 6) is -1.06. The summed E-state index contributed by atoms with van der Waals surface area (Å²) in [7, 11) is 1.37. The number of carboxylic acids is 1. The predicted octanol–water partition coefficient (Wildman–Crippen LogP) is 2.14. The lowest BCUT2D eigenvalue weighted by atomic mass is 10.2. The number of anilines is 1. The monoisotopic (exact) mass is 268 g/mol. The SMILES string of the molecule is COc1cc(C(=O)O)c(NC(=O)OC(C)(C)C)cn1. The molecule has 7 nitrogen and oxygen atoms in total. The second-order valence-electron chi connectivity index (χ2n) is 4.70. The fourth-order valence-corrected chi connectivity index (χ4v) is 1.24. The zero-order chi connectivity index (χ0) is 14.6. The van der Waals surface area contributed by atoms with Crippen molar-refractivity contribution in [2.24, 2.45) is 0 Å². The smallest absolute Gasteiger partial charge is 0.412 e. The summed E-state index contributed by atoms with van der Waals surface area (Å²) in [6.07, 6.45) is 0.452. The molecule has 0 fully saturated rings. The van der Waals surface area contributed by atoms with E-state index in [1.54, 1.807) is 20.8 Å². The van der Waals surface area contributed by atoms with Crippen LogP contribution in [0.2, 0.25) is 0 Å². The molecule has 0 aromatic carbocycles. The van der Waals surface area contributed by atoms with Gasteiger partial charge in [0.25, 0.3) is 0 Å². The molecule has 0 unspecified atom stereocenters. The predicted molar refractivity (Wildman–Crippen MR) is 67.6 cm³/mol. The number of amides is 1. The number of rotatable bonds is 3. The zero-order valence-electron chi connectivity index (χ0n) is 11.2. The molecule has 19 heavy (non-hydrogen) atoms. The molecule has 1 aromatic rings. The van der Waals surface area contributed by atoms with Gasteiger partial charge in [-0.3, -0.25) is 5.32 Å². The van der Waals surface area contributed by atoms with Gasteiger partial charge >= 0.3 is 12.1 Å². The van der Waals surface area contributed by atoms with E-state index in [0.717, 1.165) is 0 Å². The average Bonchev–Trinajstić information content (AvgIpc) is 2.26. The third-order valence-corrected chi connectivity index (χ3v) is 1.95. The van der Waals surface area contributed by atoms with Gasteiger partial charge in [-0.2, -0.15) is 0 Å². The van der Waals surface area contributed by atoms with Crippen molar-refractivity contribution >= 4 is 17.7 Å². The van der Waals surface area contributed by atoms with E-state index in [1.807, 2.05) is 0 Å². The summed E-state index contributed by atoms with van der Waals surface area (Å²) in [5, 5.41) is 11.4. The standard InChI is InChI=1S/C12H16N2O5/c1-12(2,3)19-11(17)14-8-6-13-9(18-4)5-7(8)10(15)16/h5-6H,1-4H3,(H,14,17)(H,15,16). The highest BCUT2D eigenvalue weighted by molar-refractivity contribution is 5.98. The van der Waals surface area contributed by atoms with E-state index in [9.17, 15) is 9.59 Å². The lowest BCUT2D eigenvalue weighted by Gasteiger charge is -2.20. The van der Waals surface area contributed by atoms with E-state index in [-0.39, 0.29) is 17.1 Å². The van der Waals surface area contributed by atoms with Crippen LogP contribution in [0.1, 0.15) is 31.1 Å². The van der Waals surface area contributed by atoms with Crippen molar-refractivity contribution in [3.63, 3.8) is 0 Å². The first-order valence-corrected chi connectivity index (χ1v) is 5.50. The van der Waals surface area contributed by atoms with Crippen molar-refractivity contribution in [2.45, 2.75) is 26.4 Å². The van der Waals surface area contributed by atoms with E-state index >= 15 is 0 Å². The summed E-state index contributed by atoms with van der Waals surface area (Å²) in [5.41, 5.74) is -0.756. The molecule has 0 bridgehead atoms. The van der Waals surface area contributed by atoms with E-state index in [1.165, 1.54) is 19.4 Å². The van der Waals surface area contributed by atoms with Gasteiger partial charge in [0, 0.05) is 6.07 Å². The molecule has 1 aromatic heterocycles. The molecule has 0 atom stereocenters. The molecular formula is C12H16N2O5. The number of carbonyl (C=O) groups is 2. The number of carboxylic acid groups (broad SMARTS) is 1. The number of aromatic carboxylic acids is 1. The Balaban J connectivity index is 2.95. The fraction of sp³-hybridized carbons (Fsp3) is 0.417. The Morgan fingerprint density at radius 2 is 2.00 bits per heavy atom. The summed E-state index contributed by atoms with van der Waals surface area (Å²) in [4.78, 5) is 26.5. The van der Waals surface area contributed by atoms with Crippen molar-refractivity contribution < 1.29 is 24.2 Å². The van der Waals surface area contributed by atoms with Gasteiger partial charge in [0.2, 0.25) is 5.88 Å². The topological polar surface area (TPSA) is 97.8 Å². The van der Waals surface area contributed by atoms with Gasteiger partial charge < -0.3 is 14.6 Å². The van der Waals surface area contributed by atoms with Crippen LogP contribution in [-0.4, -0.2) is 34.9 Å². The summed E-state index contributed by atoms with van der Waals surface area (Å²) in [6, 6.07) is 1.22. The molecule has 1 rings (SSSR count). The van der Waals surface area contributed by atoms with Crippen LogP contribution in [0.25, 0.3) is 0 Å². The Kier molecular flexibility index (Phi) is 4.31. The number of ether oxygens (including phenoxy) is 2. The Morgan fingerprint density at radius 1 is 1.37 bits per heavy atom. The molecule has 0 radical (unpaired) electrons. The van der Waals surface area contributed by atoms with E-state index in [2.05, 4.69) is 10.3 Å². The number of nitrogens with zero attached hydrogens (tertiary/aromatic N) is 1. The van der Waals surface area contributed by atoms with Gasteiger partial charge in [0.1, 0.15) is 5.60 Å². The van der Waals surface area contributed by atoms with Crippen LogP contribution in [0.15, 0.2) is 12.3 Å². The molecule has 2 N–H and O–H groups in total. The number of hydrogen-bond acceptors (Lipinski definition) is 5. The molecule has 0 saturated heterocycles. The minimum Gasteiger partial charge on any atom is -0.481 e. The summed E-state index contributed by atoms with van der Waals surface area (Å²) >= 11 is 0. The normalized spacial score (nSPS) is 10.7. The van der Waals surface area contributed by atoms with Gasteiger partial charge in [0.05, 0.1) is 24.6 Å². The first-order valence-electron chi connectivity index (χ1n) is 5.50. The molecule has 0 saturated carbocycles. The number of carbonyl (C=O) groups excluding carboxylic acids is 1. The number of nitrogens with one attached hydrogen (secondary N) is 1. The highest BCUT2D eigenvalue weighted by Gasteiger charge is 2.19. The van der Waals surface area contributed by atoms with Crippen LogP contribution in [0.5, 0.6) is 5.88 Å². The largest absolute Gasteiger partial charge is 0.481 e. The van der Waals surface area contributed by atoms with Crippen molar-refractivity contribution in [3.05, 3.63) is 17.8 Å². The first-order chi connectivity index (χ1) is 8.73. The Labute approximate surface area is 110 Å². The molecule has 1 amide bonds. The molecular weight excluding hydrogens is 252 g/mol. The lowest BCUT2D eigenvalue weighted by molar-refractivity contribution is 0.0636. The maximum atomic E-state index is 11.6. The van der Waals surface area contributed by atoms with Crippen molar-refractivity contribution in [1.82, 2.24) is 4.98 Å². The van der Waals surface area contributed by atoms with Crippen LogP contribution >= 0.6 is 0 Å². The lowest BCUT2D eigenvalue weighted by Crippen LogP contribution is -2.27. The Hall–Kier alpha value is -2.31. The Morgan fingerprint density at radius 3 is 2.47 bits per heavy atom. The van der Waals surface area contributed by atoms with Gasteiger partial charge in [-0.05, 0) is 20.8 Å². The summed E-state index contributed by atoms with van der Waals surface area (Å²) in [6.45, 7) is 5.12. The van der Waals surface area contributed by atoms with Crippen molar-refractivity contribution in [3.8, 4) is 5.88 Å². The van der Waals surface area contributed by atoms with Crippen molar-refractivity contribution in [2.75, 3.05) is 12.4 Å². The van der Waals surface area contributed by atoms with Crippen LogP contribution in [-0.2, 0) is 4.74 Å². The van der Waals surface area contributed by atoms with Gasteiger partial charge in [-0.25, -0.2) is 14.6 Å². The van der Waals surface area contributed by atoms with Crippen LogP contribution in [0, 0.1) is 0 Å². The molecule has 0 aliphatic carbocycles. The zero-order valence-corrected chi connectivity index (χ0v) is 11.2. The third-order valence-electron chi connectivity index (χ3n) is 1.95. The van der Waals surface area contributed by atoms with Crippen LogP contribution in [0.4, 0.5) is 10.5 Å². The molecule has 0 aliphatic heterocycles. The van der Waals surface area contributed by atoms with Crippen LogP contribution in [0.3, 0.4) is 0 Å². The molecule has 7 heteroatoms. The first kappa shape index (κ1) is 14.7.